The molecule has 1 saturated heterocycles. The number of aromatic nitrogens is 1. The van der Waals surface area contributed by atoms with E-state index < -0.39 is 47.4 Å². The minimum Gasteiger partial charge on any atom is -0.478 e. The minimum atomic E-state index is -1.33. The topological polar surface area (TPSA) is 161 Å². The maximum absolute atomic E-state index is 13.6. The molecule has 3 amide bonds. The van der Waals surface area contributed by atoms with E-state index in [0.29, 0.717) is 36.3 Å². The maximum Gasteiger partial charge on any atom is 0.335 e. The number of carboxylic acids is 1. The molecule has 3 N–H and O–H groups in total. The number of cyclic esters (lactones) is 1. The molecule has 5 rings (SSSR count). The highest BCUT2D eigenvalue weighted by molar-refractivity contribution is 5.92. The van der Waals surface area contributed by atoms with Gasteiger partial charge in [0, 0.05) is 32.4 Å². The summed E-state index contributed by atoms with van der Waals surface area (Å²) in [6.07, 6.45) is 3.12. The predicted octanol–water partition coefficient (Wildman–Crippen LogP) is 2.95. The number of hydrogen-bond acceptors (Lipinski definition) is 9. The molecule has 2 aliphatic rings. The second-order valence-electron chi connectivity index (χ2n) is 12.7. The smallest absolute Gasteiger partial charge is 0.335 e. The van der Waals surface area contributed by atoms with Gasteiger partial charge in [-0.3, -0.25) is 34.2 Å². The van der Waals surface area contributed by atoms with Crippen molar-refractivity contribution in [3.05, 3.63) is 77.4 Å². The third kappa shape index (κ3) is 7.46. The number of benzene rings is 2. The van der Waals surface area contributed by atoms with Crippen molar-refractivity contribution >= 4 is 52.5 Å². The summed E-state index contributed by atoms with van der Waals surface area (Å²) in [4.78, 5) is 70.4. The van der Waals surface area contributed by atoms with Gasteiger partial charge < -0.3 is 15.2 Å². The summed E-state index contributed by atoms with van der Waals surface area (Å²) >= 11 is 0. The van der Waals surface area contributed by atoms with Crippen molar-refractivity contribution in [2.24, 2.45) is 5.41 Å². The molecule has 13 heteroatoms. The minimum absolute atomic E-state index is 0.0603. The quantitative estimate of drug-likeness (QED) is 0.358. The first-order valence-corrected chi connectivity index (χ1v) is 15.8. The van der Waals surface area contributed by atoms with Crippen LogP contribution in [0.15, 0.2) is 60.7 Å². The fourth-order valence-electron chi connectivity index (χ4n) is 5.50. The molecular formula is C35H40N6O7. The van der Waals surface area contributed by atoms with E-state index >= 15 is 0 Å². The molecule has 2 aromatic carbocycles. The number of likely N-dealkylation sites (N-methyl/N-ethyl adjacent to an activating group) is 1. The molecule has 13 nitrogen and oxygen atoms in total. The van der Waals surface area contributed by atoms with Crippen molar-refractivity contribution in [3.8, 4) is 0 Å². The molecule has 3 unspecified atom stereocenters. The number of amides is 3. The lowest BCUT2D eigenvalue weighted by molar-refractivity contribution is -0.162. The van der Waals surface area contributed by atoms with Crippen molar-refractivity contribution in [1.82, 2.24) is 25.7 Å². The molecule has 0 saturated carbocycles. The number of fused-ring (bicyclic) bond motifs is 4. The first-order valence-electron chi connectivity index (χ1n) is 15.8. The molecule has 0 spiro atoms. The second kappa shape index (κ2) is 13.8. The summed E-state index contributed by atoms with van der Waals surface area (Å²) in [5.74, 6) is -2.65. The fourth-order valence-corrected chi connectivity index (χ4v) is 5.50. The van der Waals surface area contributed by atoms with Crippen LogP contribution in [0.4, 0.5) is 5.82 Å². The Bertz CT molecular complexity index is 1770. The van der Waals surface area contributed by atoms with Crippen molar-refractivity contribution in [2.45, 2.75) is 58.2 Å². The maximum atomic E-state index is 13.6. The standard InChI is InChI=1S/C35H40N6O7/c1-21-31(43)41-18-6-7-26(38-41)32(44)40(5)39(4)29-15-14-24-11-8-23(19-27(24)37-29)16-17-35(2,3)34(47)48-28(30(42)36-21)20-22-9-12-25(13-10-22)33(45)46/h8-17,19,21,26,28,38H,6-7,18,20H2,1-5H3,(H,36,42)(H,45,46)/b17-16+. The summed E-state index contributed by atoms with van der Waals surface area (Å²) in [6.45, 7) is 5.18. The lowest BCUT2D eigenvalue weighted by atomic mass is 9.92. The fraction of sp³-hybridized carbons (Fsp3) is 0.371. The number of aromatic carboxylic acids is 1. The number of ether oxygens (including phenoxy) is 1. The zero-order valence-corrected chi connectivity index (χ0v) is 27.6. The Morgan fingerprint density at radius 1 is 1.00 bits per heavy atom. The van der Waals surface area contributed by atoms with Gasteiger partial charge in [-0.15, -0.1) is 0 Å². The Morgan fingerprint density at radius 2 is 1.71 bits per heavy atom. The number of rotatable bonds is 3. The zero-order chi connectivity index (χ0) is 34.7. The van der Waals surface area contributed by atoms with E-state index in [4.69, 9.17) is 9.72 Å². The van der Waals surface area contributed by atoms with Gasteiger partial charge in [0.05, 0.1) is 16.5 Å². The molecule has 5 bridgehead atoms. The number of hydrazine groups is 2. The van der Waals surface area contributed by atoms with Gasteiger partial charge in [-0.1, -0.05) is 36.4 Å². The average Bonchev–Trinajstić information content (AvgIpc) is 3.08. The van der Waals surface area contributed by atoms with Crippen molar-refractivity contribution < 1.29 is 33.8 Å². The normalized spacial score (nSPS) is 23.1. The number of esters is 1. The number of nitrogens with zero attached hydrogens (tertiary/aromatic N) is 4. The van der Waals surface area contributed by atoms with E-state index in [1.165, 1.54) is 29.1 Å². The number of carbonyl (C=O) groups excluding carboxylic acids is 4. The molecule has 3 heterocycles. The Hall–Kier alpha value is -5.30. The monoisotopic (exact) mass is 656 g/mol. The van der Waals surface area contributed by atoms with E-state index in [2.05, 4.69) is 10.7 Å². The summed E-state index contributed by atoms with van der Waals surface area (Å²) in [5, 5.41) is 17.3. The van der Waals surface area contributed by atoms with Gasteiger partial charge >= 0.3 is 11.9 Å². The van der Waals surface area contributed by atoms with E-state index in [-0.39, 0.29) is 17.9 Å². The van der Waals surface area contributed by atoms with Gasteiger partial charge in [-0.2, -0.15) is 0 Å². The Balaban J connectivity index is 1.51. The van der Waals surface area contributed by atoms with Gasteiger partial charge in [0.1, 0.15) is 17.9 Å². The lowest BCUT2D eigenvalue weighted by Crippen LogP contribution is -2.62. The average molecular weight is 657 g/mol. The second-order valence-corrected chi connectivity index (χ2v) is 12.7. The van der Waals surface area contributed by atoms with Gasteiger partial charge in [-0.25, -0.2) is 15.2 Å². The van der Waals surface area contributed by atoms with Crippen LogP contribution in [0.2, 0.25) is 0 Å². The number of carboxylic acid groups (broad SMARTS) is 1. The summed E-state index contributed by atoms with van der Waals surface area (Å²) in [7, 11) is 3.38. The molecular weight excluding hydrogens is 616 g/mol. The van der Waals surface area contributed by atoms with Crippen LogP contribution < -0.4 is 15.8 Å². The molecule has 48 heavy (non-hydrogen) atoms. The summed E-state index contributed by atoms with van der Waals surface area (Å²) in [6, 6.07) is 13.6. The third-order valence-corrected chi connectivity index (χ3v) is 8.66. The molecule has 3 atom stereocenters. The third-order valence-electron chi connectivity index (χ3n) is 8.66. The van der Waals surface area contributed by atoms with E-state index in [1.807, 2.05) is 30.3 Å². The first-order chi connectivity index (χ1) is 22.7. The van der Waals surface area contributed by atoms with Crippen molar-refractivity contribution in [3.63, 3.8) is 0 Å². The number of anilines is 1. The number of pyridine rings is 1. The molecule has 0 radical (unpaired) electrons. The van der Waals surface area contributed by atoms with Gasteiger partial charge in [-0.05, 0) is 75.1 Å². The lowest BCUT2D eigenvalue weighted by Gasteiger charge is -2.38. The number of carbonyl (C=O) groups is 5. The first kappa shape index (κ1) is 34.0. The molecule has 0 aliphatic carbocycles. The number of hydrogen-bond donors (Lipinski definition) is 3. The van der Waals surface area contributed by atoms with Crippen LogP contribution in [0.1, 0.15) is 55.1 Å². The van der Waals surface area contributed by atoms with Crippen LogP contribution in [0.5, 0.6) is 0 Å². The Labute approximate surface area is 278 Å². The Kier molecular flexibility index (Phi) is 9.80. The molecule has 1 fully saturated rings. The molecule has 1 aromatic heterocycles. The Morgan fingerprint density at radius 3 is 2.42 bits per heavy atom. The predicted molar refractivity (Wildman–Crippen MR) is 178 cm³/mol. The van der Waals surface area contributed by atoms with Crippen LogP contribution in [0.3, 0.4) is 0 Å². The summed E-state index contributed by atoms with van der Waals surface area (Å²) in [5.41, 5.74) is 3.95. The molecule has 252 valence electrons. The van der Waals surface area contributed by atoms with Crippen LogP contribution in [-0.4, -0.2) is 88.6 Å². The largest absolute Gasteiger partial charge is 0.478 e. The van der Waals surface area contributed by atoms with Crippen molar-refractivity contribution in [1.29, 1.82) is 0 Å². The van der Waals surface area contributed by atoms with E-state index in [9.17, 15) is 29.1 Å². The van der Waals surface area contributed by atoms with Crippen LogP contribution in [0, 0.1) is 5.41 Å². The van der Waals surface area contributed by atoms with Crippen LogP contribution in [0.25, 0.3) is 17.0 Å². The van der Waals surface area contributed by atoms with Gasteiger partial charge in [0.25, 0.3) is 17.7 Å². The van der Waals surface area contributed by atoms with Gasteiger partial charge in [0.15, 0.2) is 6.10 Å². The zero-order valence-electron chi connectivity index (χ0n) is 27.6. The SMILES string of the molecule is CC1NC(=O)C(Cc2ccc(C(=O)O)cc2)OC(=O)C(C)(C)/C=C/c2ccc3ccc(nc3c2)N(C)N(C)C(=O)C2CCCN(N2)C1=O. The number of nitrogens with one attached hydrogen (secondary N) is 2. The van der Waals surface area contributed by atoms with E-state index in [1.54, 1.807) is 57.2 Å². The highest BCUT2D eigenvalue weighted by Crippen LogP contribution is 2.26. The highest BCUT2D eigenvalue weighted by Gasteiger charge is 2.36. The molecule has 2 aliphatic heterocycles. The van der Waals surface area contributed by atoms with E-state index in [0.717, 1.165) is 10.9 Å². The molecule has 3 aromatic rings. The van der Waals surface area contributed by atoms with Crippen molar-refractivity contribution in [2.75, 3.05) is 25.6 Å². The van der Waals surface area contributed by atoms with Crippen LogP contribution >= 0.6 is 0 Å². The van der Waals surface area contributed by atoms with Crippen LogP contribution in [-0.2, 0) is 30.3 Å². The highest BCUT2D eigenvalue weighted by atomic mass is 16.5. The summed E-state index contributed by atoms with van der Waals surface area (Å²) < 4.78 is 5.81. The van der Waals surface area contributed by atoms with Gasteiger partial charge in [0.2, 0.25) is 0 Å².